The van der Waals surface area contributed by atoms with Gasteiger partial charge in [0.2, 0.25) is 0 Å². The van der Waals surface area contributed by atoms with Gasteiger partial charge in [-0.25, -0.2) is 0 Å². The van der Waals surface area contributed by atoms with E-state index in [2.05, 4.69) is 12.7 Å². The van der Waals surface area contributed by atoms with Crippen LogP contribution in [0, 0.1) is 5.41 Å². The molecule has 0 aromatic heterocycles. The summed E-state index contributed by atoms with van der Waals surface area (Å²) in [6.45, 7) is 8.25. The highest BCUT2D eigenvalue weighted by Gasteiger charge is 2.37. The Bertz CT molecular complexity index is 598. The highest BCUT2D eigenvalue weighted by Crippen LogP contribution is 2.38. The van der Waals surface area contributed by atoms with Gasteiger partial charge in [-0.3, -0.25) is 4.79 Å². The molecular weight excluding hydrogens is 356 g/mol. The van der Waals surface area contributed by atoms with E-state index in [0.717, 1.165) is 57.1 Å². The predicted octanol–water partition coefficient (Wildman–Crippen LogP) is 4.69. The largest absolute Gasteiger partial charge is 0.353 e. The van der Waals surface area contributed by atoms with Crippen molar-refractivity contribution in [1.29, 1.82) is 0 Å². The Hall–Kier alpha value is -0.970. The van der Waals surface area contributed by atoms with Gasteiger partial charge in [0.1, 0.15) is 0 Å². The van der Waals surface area contributed by atoms with Crippen LogP contribution in [0.4, 0.5) is 0 Å². The van der Waals surface area contributed by atoms with Crippen LogP contribution in [-0.4, -0.2) is 44.3 Å². The van der Waals surface area contributed by atoms with E-state index in [-0.39, 0.29) is 24.1 Å². The first-order valence-electron chi connectivity index (χ1n) is 10.9. The molecule has 0 bridgehead atoms. The fourth-order valence-electron chi connectivity index (χ4n) is 4.54. The molecule has 0 spiro atoms. The maximum absolute atomic E-state index is 13.4. The first-order chi connectivity index (χ1) is 13.4. The number of ketones is 1. The molecule has 0 radical (unpaired) electrons. The number of hydrogen-bond acceptors (Lipinski definition) is 5. The molecule has 1 atom stereocenters. The Balaban J connectivity index is 1.77. The average molecular weight is 393 g/mol. The molecule has 2 heterocycles. The minimum Gasteiger partial charge on any atom is -0.353 e. The number of hydrogen-bond donors (Lipinski definition) is 0. The lowest BCUT2D eigenvalue weighted by atomic mass is 9.71. The lowest BCUT2D eigenvalue weighted by Crippen LogP contribution is -2.33. The van der Waals surface area contributed by atoms with Crippen molar-refractivity contribution in [3.63, 3.8) is 0 Å². The van der Waals surface area contributed by atoms with Gasteiger partial charge >= 0.3 is 0 Å². The lowest BCUT2D eigenvalue weighted by Gasteiger charge is -2.33. The summed E-state index contributed by atoms with van der Waals surface area (Å²) in [5.74, 6) is -0.436. The van der Waals surface area contributed by atoms with Crippen LogP contribution >= 0.6 is 0 Å². The molecule has 0 aromatic rings. The second-order valence-corrected chi connectivity index (χ2v) is 8.95. The third kappa shape index (κ3) is 5.77. The molecule has 1 saturated carbocycles. The molecule has 1 unspecified atom stereocenters. The van der Waals surface area contributed by atoms with Crippen LogP contribution in [0.15, 0.2) is 16.9 Å². The standard InChI is InChI=1S/C23H36O5/c1-18(16-23(3)27-13-14-28-23)15-19(17-26-20-9-5-8-12-25-20)21(24)22(2)10-6-4-7-11-22/h20H,4-14,16-17H2,1-3H3. The van der Waals surface area contributed by atoms with Crippen LogP contribution in [-0.2, 0) is 23.7 Å². The van der Waals surface area contributed by atoms with Crippen LogP contribution < -0.4 is 0 Å². The Morgan fingerprint density at radius 1 is 1.04 bits per heavy atom. The molecule has 3 aliphatic rings. The fraction of sp³-hybridized carbons (Fsp3) is 0.826. The number of ether oxygens (including phenoxy) is 4. The van der Waals surface area contributed by atoms with Crippen LogP contribution in [0.1, 0.15) is 78.6 Å². The first-order valence-corrected chi connectivity index (χ1v) is 10.9. The summed E-state index contributed by atoms with van der Waals surface area (Å²) in [5.41, 5.74) is 4.67. The van der Waals surface area contributed by atoms with E-state index >= 15 is 0 Å². The molecule has 3 rings (SSSR count). The van der Waals surface area contributed by atoms with E-state index in [0.29, 0.717) is 25.2 Å². The molecule has 158 valence electrons. The smallest absolute Gasteiger partial charge is 0.174 e. The summed E-state index contributed by atoms with van der Waals surface area (Å²) in [4.78, 5) is 13.4. The topological polar surface area (TPSA) is 54.0 Å². The van der Waals surface area contributed by atoms with Gasteiger partial charge in [-0.15, -0.1) is 5.73 Å². The number of Topliss-reactive ketones (excluding diaryl/α,β-unsaturated/α-hetero) is 1. The predicted molar refractivity (Wildman–Crippen MR) is 107 cm³/mol. The zero-order valence-electron chi connectivity index (χ0n) is 17.8. The van der Waals surface area contributed by atoms with Crippen molar-refractivity contribution < 1.29 is 23.7 Å². The summed E-state index contributed by atoms with van der Waals surface area (Å²) in [7, 11) is 0. The van der Waals surface area contributed by atoms with Gasteiger partial charge in [0.05, 0.1) is 25.4 Å². The molecule has 28 heavy (non-hydrogen) atoms. The van der Waals surface area contributed by atoms with Crippen LogP contribution in [0.5, 0.6) is 0 Å². The molecule has 1 aliphatic carbocycles. The highest BCUT2D eigenvalue weighted by molar-refractivity contribution is 5.99. The van der Waals surface area contributed by atoms with E-state index in [4.69, 9.17) is 18.9 Å². The van der Waals surface area contributed by atoms with Crippen molar-refractivity contribution >= 4 is 5.78 Å². The van der Waals surface area contributed by atoms with E-state index in [1.807, 2.05) is 13.8 Å². The van der Waals surface area contributed by atoms with Crippen molar-refractivity contribution in [2.45, 2.75) is 90.6 Å². The second kappa shape index (κ2) is 9.69. The van der Waals surface area contributed by atoms with Gasteiger partial charge in [0.15, 0.2) is 17.9 Å². The summed E-state index contributed by atoms with van der Waals surface area (Å²) in [6, 6.07) is 0. The number of carbonyl (C=O) groups is 1. The Morgan fingerprint density at radius 2 is 1.75 bits per heavy atom. The Labute approximate surface area is 169 Å². The minimum atomic E-state index is -0.618. The Kier molecular flexibility index (Phi) is 7.52. The zero-order chi connectivity index (χ0) is 20.0. The summed E-state index contributed by atoms with van der Waals surface area (Å²) in [5, 5.41) is 0. The molecule has 3 fully saturated rings. The molecule has 5 nitrogen and oxygen atoms in total. The van der Waals surface area contributed by atoms with Gasteiger partial charge in [-0.1, -0.05) is 26.2 Å². The normalized spacial score (nSPS) is 26.5. The molecule has 2 aliphatic heterocycles. The van der Waals surface area contributed by atoms with Gasteiger partial charge in [0, 0.05) is 18.4 Å². The van der Waals surface area contributed by atoms with Crippen molar-refractivity contribution in [2.75, 3.05) is 26.4 Å². The third-order valence-electron chi connectivity index (χ3n) is 6.18. The molecule has 2 saturated heterocycles. The SMILES string of the molecule is CC(=C=C(COC1CCCCO1)C(=O)C1(C)CCCCC1)CC1(C)OCCO1. The summed E-state index contributed by atoms with van der Waals surface area (Å²) in [6.07, 6.45) is 8.80. The second-order valence-electron chi connectivity index (χ2n) is 8.95. The van der Waals surface area contributed by atoms with Gasteiger partial charge in [0.25, 0.3) is 0 Å². The van der Waals surface area contributed by atoms with Crippen LogP contribution in [0.25, 0.3) is 0 Å². The van der Waals surface area contributed by atoms with E-state index < -0.39 is 5.79 Å². The summed E-state index contributed by atoms with van der Waals surface area (Å²) < 4.78 is 23.1. The quantitative estimate of drug-likeness (QED) is 0.464. The van der Waals surface area contributed by atoms with Gasteiger partial charge in [-0.2, -0.15) is 0 Å². The van der Waals surface area contributed by atoms with E-state index in [9.17, 15) is 4.79 Å². The first kappa shape index (κ1) is 21.7. The lowest BCUT2D eigenvalue weighted by molar-refractivity contribution is -0.158. The zero-order valence-corrected chi connectivity index (χ0v) is 17.8. The van der Waals surface area contributed by atoms with Crippen molar-refractivity contribution in [2.24, 2.45) is 5.41 Å². The minimum absolute atomic E-state index is 0.181. The molecule has 5 heteroatoms. The van der Waals surface area contributed by atoms with Crippen LogP contribution in [0.3, 0.4) is 0 Å². The van der Waals surface area contributed by atoms with Crippen LogP contribution in [0.2, 0.25) is 0 Å². The third-order valence-corrected chi connectivity index (χ3v) is 6.18. The number of carbonyl (C=O) groups excluding carboxylic acids is 1. The average Bonchev–Trinajstić information content (AvgIpc) is 3.11. The Morgan fingerprint density at radius 3 is 2.39 bits per heavy atom. The molecule has 0 N–H and O–H groups in total. The van der Waals surface area contributed by atoms with Crippen molar-refractivity contribution in [1.82, 2.24) is 0 Å². The van der Waals surface area contributed by atoms with Crippen molar-refractivity contribution in [3.05, 3.63) is 16.9 Å². The number of rotatable bonds is 7. The summed E-state index contributed by atoms with van der Waals surface area (Å²) >= 11 is 0. The maximum Gasteiger partial charge on any atom is 0.174 e. The maximum atomic E-state index is 13.4. The molecule has 0 aromatic carbocycles. The monoisotopic (exact) mass is 392 g/mol. The van der Waals surface area contributed by atoms with E-state index in [1.54, 1.807) is 0 Å². The van der Waals surface area contributed by atoms with E-state index in [1.165, 1.54) is 6.42 Å². The van der Waals surface area contributed by atoms with Gasteiger partial charge in [-0.05, 0) is 51.5 Å². The molecule has 0 amide bonds. The van der Waals surface area contributed by atoms with Crippen molar-refractivity contribution in [3.8, 4) is 0 Å². The van der Waals surface area contributed by atoms with Gasteiger partial charge < -0.3 is 18.9 Å². The highest BCUT2D eigenvalue weighted by atomic mass is 16.7. The fourth-order valence-corrected chi connectivity index (χ4v) is 4.54. The molecular formula is C23H36O5.